The monoisotopic (exact) mass is 227 g/mol. The molecule has 0 aliphatic heterocycles. The molecule has 0 aliphatic rings. The molecular weight excluding hydrogens is 206 g/mol. The zero-order valence-corrected chi connectivity index (χ0v) is 10.2. The van der Waals surface area contributed by atoms with E-state index in [2.05, 4.69) is 10.4 Å². The Labute approximate surface area is 96.4 Å². The largest absolute Gasteiger partial charge is 0.389 e. The van der Waals surface area contributed by atoms with E-state index in [-0.39, 0.29) is 0 Å². The molecule has 16 heavy (non-hydrogen) atoms. The van der Waals surface area contributed by atoms with Crippen molar-refractivity contribution >= 4 is 0 Å². The Kier molecular flexibility index (Phi) is 4.92. The predicted octanol–water partition coefficient (Wildman–Crippen LogP) is 0.297. The van der Waals surface area contributed by atoms with E-state index in [9.17, 15) is 5.11 Å². The van der Waals surface area contributed by atoms with Gasteiger partial charge in [0.2, 0.25) is 0 Å². The van der Waals surface area contributed by atoms with Gasteiger partial charge in [-0.2, -0.15) is 5.10 Å². The van der Waals surface area contributed by atoms with Crippen LogP contribution in [0.2, 0.25) is 0 Å². The number of hydrogen-bond acceptors (Lipinski definition) is 4. The van der Waals surface area contributed by atoms with Gasteiger partial charge in [-0.05, 0) is 13.0 Å². The van der Waals surface area contributed by atoms with Gasteiger partial charge in [-0.3, -0.25) is 4.68 Å². The first-order valence-electron chi connectivity index (χ1n) is 5.44. The minimum absolute atomic E-state index is 0.543. The summed E-state index contributed by atoms with van der Waals surface area (Å²) in [6, 6.07) is 1.96. The van der Waals surface area contributed by atoms with Gasteiger partial charge in [-0.1, -0.05) is 0 Å². The number of aryl methyl sites for hydroxylation is 1. The average molecular weight is 227 g/mol. The van der Waals surface area contributed by atoms with Crippen LogP contribution in [-0.4, -0.2) is 40.7 Å². The van der Waals surface area contributed by atoms with Gasteiger partial charge in [0.15, 0.2) is 0 Å². The van der Waals surface area contributed by atoms with Crippen LogP contribution < -0.4 is 5.32 Å². The van der Waals surface area contributed by atoms with Crippen LogP contribution in [0, 0.1) is 0 Å². The van der Waals surface area contributed by atoms with E-state index in [4.69, 9.17) is 4.74 Å². The molecule has 0 saturated heterocycles. The van der Waals surface area contributed by atoms with E-state index in [0.717, 1.165) is 5.69 Å². The van der Waals surface area contributed by atoms with Crippen LogP contribution >= 0.6 is 0 Å². The van der Waals surface area contributed by atoms with Gasteiger partial charge in [0.1, 0.15) is 0 Å². The lowest BCUT2D eigenvalue weighted by Crippen LogP contribution is -2.38. The number of methoxy groups -OCH3 is 1. The lowest BCUT2D eigenvalue weighted by Gasteiger charge is -2.23. The minimum Gasteiger partial charge on any atom is -0.389 e. The Hall–Kier alpha value is -0.910. The average Bonchev–Trinajstić information content (AvgIpc) is 2.62. The molecule has 5 nitrogen and oxygen atoms in total. The summed E-state index contributed by atoms with van der Waals surface area (Å²) in [7, 11) is 3.54. The third kappa shape index (κ3) is 4.30. The topological polar surface area (TPSA) is 59.3 Å². The molecule has 1 aromatic rings. The van der Waals surface area contributed by atoms with Crippen LogP contribution in [0.4, 0.5) is 0 Å². The van der Waals surface area contributed by atoms with Gasteiger partial charge in [0, 0.05) is 46.5 Å². The van der Waals surface area contributed by atoms with Gasteiger partial charge in [-0.25, -0.2) is 0 Å². The van der Waals surface area contributed by atoms with Gasteiger partial charge in [-0.15, -0.1) is 0 Å². The first kappa shape index (κ1) is 13.2. The summed E-state index contributed by atoms with van der Waals surface area (Å²) in [5, 5.41) is 17.3. The molecular formula is C11H21N3O2. The van der Waals surface area contributed by atoms with E-state index < -0.39 is 5.60 Å². The van der Waals surface area contributed by atoms with Crippen molar-refractivity contribution < 1.29 is 9.84 Å². The molecule has 1 aromatic heterocycles. The molecule has 0 fully saturated rings. The van der Waals surface area contributed by atoms with Gasteiger partial charge < -0.3 is 15.2 Å². The standard InChI is InChI=1S/C11H21N3O2/c1-11(15,5-7-16-3)9-12-8-10-4-6-13-14(10)2/h4,6,12,15H,5,7-9H2,1-3H3. The molecule has 1 atom stereocenters. The molecule has 0 spiro atoms. The molecule has 0 bridgehead atoms. The summed E-state index contributed by atoms with van der Waals surface area (Å²) in [6.45, 7) is 3.63. The van der Waals surface area contributed by atoms with Crippen LogP contribution in [0.15, 0.2) is 12.3 Å². The van der Waals surface area contributed by atoms with Crippen LogP contribution in [0.1, 0.15) is 19.0 Å². The summed E-state index contributed by atoms with van der Waals surface area (Å²) in [5.74, 6) is 0. The Balaban J connectivity index is 2.27. The third-order valence-electron chi connectivity index (χ3n) is 2.58. The number of hydrogen-bond donors (Lipinski definition) is 2. The number of aromatic nitrogens is 2. The summed E-state index contributed by atoms with van der Waals surface area (Å²) in [5.41, 5.74) is 0.372. The zero-order valence-electron chi connectivity index (χ0n) is 10.2. The molecule has 5 heteroatoms. The summed E-state index contributed by atoms with van der Waals surface area (Å²) < 4.78 is 6.76. The van der Waals surface area contributed by atoms with Crippen molar-refractivity contribution in [2.24, 2.45) is 7.05 Å². The first-order chi connectivity index (χ1) is 7.55. The lowest BCUT2D eigenvalue weighted by atomic mass is 10.0. The Morgan fingerprint density at radius 2 is 2.38 bits per heavy atom. The molecule has 2 N–H and O–H groups in total. The highest BCUT2D eigenvalue weighted by molar-refractivity contribution is 4.99. The molecule has 0 aromatic carbocycles. The summed E-state index contributed by atoms with van der Waals surface area (Å²) in [4.78, 5) is 0. The first-order valence-corrected chi connectivity index (χ1v) is 5.44. The molecule has 1 unspecified atom stereocenters. The van der Waals surface area contributed by atoms with Gasteiger partial charge >= 0.3 is 0 Å². The van der Waals surface area contributed by atoms with Crippen LogP contribution in [0.5, 0.6) is 0 Å². The Morgan fingerprint density at radius 3 is 2.94 bits per heavy atom. The van der Waals surface area contributed by atoms with E-state index in [1.54, 1.807) is 13.3 Å². The summed E-state index contributed by atoms with van der Waals surface area (Å²) in [6.07, 6.45) is 2.39. The van der Waals surface area contributed by atoms with Crippen molar-refractivity contribution in [1.82, 2.24) is 15.1 Å². The Morgan fingerprint density at radius 1 is 1.62 bits per heavy atom. The second kappa shape index (κ2) is 5.98. The van der Waals surface area contributed by atoms with Gasteiger partial charge in [0.25, 0.3) is 0 Å². The normalized spacial score (nSPS) is 15.0. The van der Waals surface area contributed by atoms with E-state index in [1.807, 2.05) is 24.7 Å². The van der Waals surface area contributed by atoms with Gasteiger partial charge in [0.05, 0.1) is 11.3 Å². The molecule has 92 valence electrons. The smallest absolute Gasteiger partial charge is 0.0765 e. The second-order valence-corrected chi connectivity index (χ2v) is 4.29. The van der Waals surface area contributed by atoms with Crippen molar-refractivity contribution in [2.75, 3.05) is 20.3 Å². The molecule has 0 aliphatic carbocycles. The molecule has 1 rings (SSSR count). The minimum atomic E-state index is -0.728. The van der Waals surface area contributed by atoms with Crippen molar-refractivity contribution in [2.45, 2.75) is 25.5 Å². The fraction of sp³-hybridized carbons (Fsp3) is 0.727. The highest BCUT2D eigenvalue weighted by Crippen LogP contribution is 2.07. The van der Waals surface area contributed by atoms with Crippen molar-refractivity contribution in [3.63, 3.8) is 0 Å². The highest BCUT2D eigenvalue weighted by Gasteiger charge is 2.19. The van der Waals surface area contributed by atoms with Crippen LogP contribution in [0.25, 0.3) is 0 Å². The molecule has 0 radical (unpaired) electrons. The maximum absolute atomic E-state index is 9.98. The van der Waals surface area contributed by atoms with E-state index >= 15 is 0 Å². The molecule has 1 heterocycles. The number of nitrogens with zero attached hydrogens (tertiary/aromatic N) is 2. The highest BCUT2D eigenvalue weighted by atomic mass is 16.5. The molecule has 0 amide bonds. The summed E-state index contributed by atoms with van der Waals surface area (Å²) >= 11 is 0. The van der Waals surface area contributed by atoms with Crippen molar-refractivity contribution in [3.05, 3.63) is 18.0 Å². The maximum Gasteiger partial charge on any atom is 0.0765 e. The number of rotatable bonds is 7. The maximum atomic E-state index is 9.98. The second-order valence-electron chi connectivity index (χ2n) is 4.29. The zero-order chi connectivity index (χ0) is 12.0. The fourth-order valence-corrected chi connectivity index (χ4v) is 1.44. The SMILES string of the molecule is COCCC(C)(O)CNCc1ccnn1C. The van der Waals surface area contributed by atoms with Crippen molar-refractivity contribution in [3.8, 4) is 0 Å². The third-order valence-corrected chi connectivity index (χ3v) is 2.58. The fourth-order valence-electron chi connectivity index (χ4n) is 1.44. The van der Waals surface area contributed by atoms with Crippen LogP contribution in [-0.2, 0) is 18.3 Å². The molecule has 0 saturated carbocycles. The van der Waals surface area contributed by atoms with Crippen molar-refractivity contribution in [1.29, 1.82) is 0 Å². The van der Waals surface area contributed by atoms with E-state index in [0.29, 0.717) is 26.1 Å². The Bertz CT molecular complexity index is 310. The number of aliphatic hydroxyl groups is 1. The quantitative estimate of drug-likeness (QED) is 0.703. The lowest BCUT2D eigenvalue weighted by molar-refractivity contribution is 0.0246. The number of ether oxygens (including phenoxy) is 1. The number of nitrogens with one attached hydrogen (secondary N) is 1. The van der Waals surface area contributed by atoms with Crippen LogP contribution in [0.3, 0.4) is 0 Å². The van der Waals surface area contributed by atoms with E-state index in [1.165, 1.54) is 0 Å². The predicted molar refractivity (Wildman–Crippen MR) is 62.0 cm³/mol.